The molecule has 2 heterocycles. The van der Waals surface area contributed by atoms with E-state index in [9.17, 15) is 4.79 Å². The van der Waals surface area contributed by atoms with Gasteiger partial charge in [-0.3, -0.25) is 9.69 Å². The lowest BCUT2D eigenvalue weighted by molar-refractivity contribution is 0.0626. The summed E-state index contributed by atoms with van der Waals surface area (Å²) in [7, 11) is 4.89. The second-order valence-electron chi connectivity index (χ2n) is 7.45. The molecule has 31 heavy (non-hydrogen) atoms. The third-order valence-electron chi connectivity index (χ3n) is 5.62. The number of hydrogen-bond acceptors (Lipinski definition) is 7. The highest BCUT2D eigenvalue weighted by atomic mass is 16.6. The minimum Gasteiger partial charge on any atom is -0.497 e. The van der Waals surface area contributed by atoms with Crippen LogP contribution in [0.25, 0.3) is 0 Å². The highest BCUT2D eigenvalue weighted by molar-refractivity contribution is 5.95. The lowest BCUT2D eigenvalue weighted by atomic mass is 10.1. The van der Waals surface area contributed by atoms with E-state index >= 15 is 0 Å². The van der Waals surface area contributed by atoms with Crippen LogP contribution in [0.3, 0.4) is 0 Å². The van der Waals surface area contributed by atoms with E-state index in [1.165, 1.54) is 0 Å². The minimum absolute atomic E-state index is 0.0334. The number of methoxy groups -OCH3 is 3. The Kier molecular flexibility index (Phi) is 6.36. The lowest BCUT2D eigenvalue weighted by Gasteiger charge is -2.35. The predicted molar refractivity (Wildman–Crippen MR) is 115 cm³/mol. The van der Waals surface area contributed by atoms with Crippen LogP contribution in [0.4, 0.5) is 0 Å². The van der Waals surface area contributed by atoms with E-state index in [1.54, 1.807) is 33.5 Å². The van der Waals surface area contributed by atoms with Crippen molar-refractivity contribution < 1.29 is 28.5 Å². The molecule has 4 rings (SSSR count). The Labute approximate surface area is 182 Å². The average Bonchev–Trinajstić information content (AvgIpc) is 2.83. The van der Waals surface area contributed by atoms with Crippen LogP contribution in [0.15, 0.2) is 30.3 Å². The van der Waals surface area contributed by atoms with Gasteiger partial charge in [-0.15, -0.1) is 0 Å². The summed E-state index contributed by atoms with van der Waals surface area (Å²) in [6.07, 6.45) is 0. The van der Waals surface area contributed by atoms with Crippen LogP contribution in [0.2, 0.25) is 0 Å². The number of benzene rings is 2. The second kappa shape index (κ2) is 9.34. The smallest absolute Gasteiger partial charge is 0.254 e. The summed E-state index contributed by atoms with van der Waals surface area (Å²) >= 11 is 0. The van der Waals surface area contributed by atoms with Gasteiger partial charge in [0.25, 0.3) is 5.91 Å². The number of piperazine rings is 1. The third kappa shape index (κ3) is 4.49. The first-order valence-electron chi connectivity index (χ1n) is 10.3. The molecule has 0 aliphatic carbocycles. The maximum Gasteiger partial charge on any atom is 0.254 e. The average molecular weight is 428 g/mol. The summed E-state index contributed by atoms with van der Waals surface area (Å²) in [4.78, 5) is 17.3. The number of hydrogen-bond donors (Lipinski definition) is 0. The van der Waals surface area contributed by atoms with Gasteiger partial charge in [0.1, 0.15) is 24.7 Å². The minimum atomic E-state index is -0.0334. The first-order valence-corrected chi connectivity index (χ1v) is 10.3. The third-order valence-corrected chi connectivity index (χ3v) is 5.62. The van der Waals surface area contributed by atoms with E-state index in [-0.39, 0.29) is 5.91 Å². The Morgan fingerprint density at radius 2 is 1.65 bits per heavy atom. The van der Waals surface area contributed by atoms with E-state index in [4.69, 9.17) is 23.7 Å². The predicted octanol–water partition coefficient (Wildman–Crippen LogP) is 2.44. The molecule has 2 aromatic rings. The van der Waals surface area contributed by atoms with E-state index in [0.29, 0.717) is 49.1 Å². The maximum absolute atomic E-state index is 13.1. The second-order valence-corrected chi connectivity index (χ2v) is 7.45. The van der Waals surface area contributed by atoms with Gasteiger partial charge in [-0.05, 0) is 30.3 Å². The summed E-state index contributed by atoms with van der Waals surface area (Å²) in [5.41, 5.74) is 1.61. The summed E-state index contributed by atoms with van der Waals surface area (Å²) < 4.78 is 27.5. The van der Waals surface area contributed by atoms with Crippen LogP contribution in [0, 0.1) is 0 Å². The van der Waals surface area contributed by atoms with E-state index < -0.39 is 0 Å². The number of carbonyl (C=O) groups excluding carboxylic acids is 1. The standard InChI is InChI=1S/C23H28N2O6/c1-27-18-4-5-19(28-2)17(12-18)15-24-6-8-25(9-7-24)23(26)16-13-20(29-3)22-21(14-16)30-10-11-31-22/h4-5,12-14H,6-11,15H2,1-3H3. The fraction of sp³-hybridized carbons (Fsp3) is 0.435. The van der Waals surface area contributed by atoms with Gasteiger partial charge < -0.3 is 28.6 Å². The molecule has 0 bridgehead atoms. The van der Waals surface area contributed by atoms with Crippen molar-refractivity contribution in [1.82, 2.24) is 9.80 Å². The van der Waals surface area contributed by atoms with Gasteiger partial charge in [0.2, 0.25) is 5.75 Å². The van der Waals surface area contributed by atoms with Crippen molar-refractivity contribution in [3.05, 3.63) is 41.5 Å². The molecule has 0 aromatic heterocycles. The van der Waals surface area contributed by atoms with Crippen LogP contribution < -0.4 is 23.7 Å². The fourth-order valence-corrected chi connectivity index (χ4v) is 3.93. The molecule has 2 aliphatic rings. The Hall–Kier alpha value is -3.13. The molecule has 0 spiro atoms. The summed E-state index contributed by atoms with van der Waals surface area (Å²) in [6.45, 7) is 4.49. The monoisotopic (exact) mass is 428 g/mol. The highest BCUT2D eigenvalue weighted by Crippen LogP contribution is 2.40. The van der Waals surface area contributed by atoms with Gasteiger partial charge in [-0.2, -0.15) is 0 Å². The molecule has 0 saturated carbocycles. The first kappa shape index (κ1) is 21.1. The molecule has 0 atom stereocenters. The number of nitrogens with zero attached hydrogens (tertiary/aromatic N) is 2. The Morgan fingerprint density at radius 3 is 2.35 bits per heavy atom. The van der Waals surface area contributed by atoms with Crippen molar-refractivity contribution in [2.24, 2.45) is 0 Å². The summed E-state index contributed by atoms with van der Waals surface area (Å²) in [5, 5.41) is 0. The zero-order chi connectivity index (χ0) is 21.8. The highest BCUT2D eigenvalue weighted by Gasteiger charge is 2.26. The molecule has 1 amide bonds. The molecule has 1 saturated heterocycles. The Balaban J connectivity index is 1.42. The van der Waals surface area contributed by atoms with Crippen LogP contribution in [-0.2, 0) is 6.54 Å². The van der Waals surface area contributed by atoms with Gasteiger partial charge in [-0.1, -0.05) is 0 Å². The van der Waals surface area contributed by atoms with Crippen molar-refractivity contribution >= 4 is 5.91 Å². The number of ether oxygens (including phenoxy) is 5. The van der Waals surface area contributed by atoms with Crippen molar-refractivity contribution in [3.8, 4) is 28.7 Å². The molecule has 2 aromatic carbocycles. The zero-order valence-corrected chi connectivity index (χ0v) is 18.2. The van der Waals surface area contributed by atoms with Crippen molar-refractivity contribution in [3.63, 3.8) is 0 Å². The topological polar surface area (TPSA) is 69.7 Å². The van der Waals surface area contributed by atoms with Gasteiger partial charge in [-0.25, -0.2) is 0 Å². The van der Waals surface area contributed by atoms with Crippen molar-refractivity contribution in [1.29, 1.82) is 0 Å². The molecule has 1 fully saturated rings. The largest absolute Gasteiger partial charge is 0.497 e. The molecule has 0 unspecified atom stereocenters. The number of fused-ring (bicyclic) bond motifs is 1. The molecule has 166 valence electrons. The van der Waals surface area contributed by atoms with E-state index in [2.05, 4.69) is 4.90 Å². The maximum atomic E-state index is 13.1. The van der Waals surface area contributed by atoms with Gasteiger partial charge >= 0.3 is 0 Å². The van der Waals surface area contributed by atoms with E-state index in [0.717, 1.165) is 36.7 Å². The first-order chi connectivity index (χ1) is 15.1. The van der Waals surface area contributed by atoms with E-state index in [1.807, 2.05) is 23.1 Å². The quantitative estimate of drug-likeness (QED) is 0.700. The molecular formula is C23H28N2O6. The fourth-order valence-electron chi connectivity index (χ4n) is 3.93. The molecule has 0 radical (unpaired) electrons. The summed E-state index contributed by atoms with van der Waals surface area (Å²) in [6, 6.07) is 9.28. The number of amides is 1. The molecule has 0 N–H and O–H groups in total. The Morgan fingerprint density at radius 1 is 0.903 bits per heavy atom. The summed E-state index contributed by atoms with van der Waals surface area (Å²) in [5.74, 6) is 3.23. The Bertz CT molecular complexity index is 923. The van der Waals surface area contributed by atoms with Crippen molar-refractivity contribution in [2.45, 2.75) is 6.54 Å². The van der Waals surface area contributed by atoms with Gasteiger partial charge in [0.15, 0.2) is 11.5 Å². The van der Waals surface area contributed by atoms with Crippen LogP contribution in [-0.4, -0.2) is 76.4 Å². The van der Waals surface area contributed by atoms with Crippen LogP contribution in [0.5, 0.6) is 28.7 Å². The van der Waals surface area contributed by atoms with Crippen LogP contribution in [0.1, 0.15) is 15.9 Å². The van der Waals surface area contributed by atoms with Crippen LogP contribution >= 0.6 is 0 Å². The number of rotatable bonds is 6. The molecule has 2 aliphatic heterocycles. The normalized spacial score (nSPS) is 16.0. The van der Waals surface area contributed by atoms with Gasteiger partial charge in [0.05, 0.1) is 21.3 Å². The molecular weight excluding hydrogens is 400 g/mol. The molecule has 8 heteroatoms. The zero-order valence-electron chi connectivity index (χ0n) is 18.2. The number of carbonyl (C=O) groups is 1. The SMILES string of the molecule is COc1ccc(OC)c(CN2CCN(C(=O)c3cc(OC)c4c(c3)OCCO4)CC2)c1. The molecule has 8 nitrogen and oxygen atoms in total. The lowest BCUT2D eigenvalue weighted by Crippen LogP contribution is -2.48. The van der Waals surface area contributed by atoms with Gasteiger partial charge in [0, 0.05) is 43.9 Å². The van der Waals surface area contributed by atoms with Crippen molar-refractivity contribution in [2.75, 3.05) is 60.7 Å².